The van der Waals surface area contributed by atoms with Crippen LogP contribution in [-0.4, -0.2) is 22.5 Å². The van der Waals surface area contributed by atoms with Crippen LogP contribution in [0.3, 0.4) is 0 Å². The number of nitrogens with zero attached hydrogens (tertiary/aromatic N) is 2. The van der Waals surface area contributed by atoms with E-state index in [-0.39, 0.29) is 5.69 Å². The third kappa shape index (κ3) is 1.25. The molecule has 17 heavy (non-hydrogen) atoms. The molecule has 0 N–H and O–H groups in total. The van der Waals surface area contributed by atoms with Gasteiger partial charge in [-0.25, -0.2) is 4.98 Å². The molecule has 5 nitrogen and oxygen atoms in total. The summed E-state index contributed by atoms with van der Waals surface area (Å²) >= 11 is 0. The molecule has 0 saturated carbocycles. The number of aromatic nitrogens is 2. The quantitative estimate of drug-likeness (QED) is 0.625. The van der Waals surface area contributed by atoms with Gasteiger partial charge in [-0.2, -0.15) is 0 Å². The van der Waals surface area contributed by atoms with Crippen LogP contribution in [0.1, 0.15) is 21.0 Å². The first-order valence-corrected chi connectivity index (χ1v) is 4.91. The predicted octanol–water partition coefficient (Wildman–Crippen LogP) is 2.00. The van der Waals surface area contributed by atoms with Crippen LogP contribution in [0, 0.1) is 0 Å². The largest absolute Gasteiger partial charge is 0.454 e. The summed E-state index contributed by atoms with van der Waals surface area (Å²) in [5, 5.41) is 1.29. The van der Waals surface area contributed by atoms with Gasteiger partial charge in [0.05, 0.1) is 5.39 Å². The molecule has 0 aliphatic heterocycles. The van der Waals surface area contributed by atoms with Crippen molar-refractivity contribution in [1.82, 2.24) is 9.97 Å². The maximum absolute atomic E-state index is 10.9. The first-order valence-electron chi connectivity index (χ1n) is 4.91. The summed E-state index contributed by atoms with van der Waals surface area (Å²) in [6, 6.07) is 3.35. The lowest BCUT2D eigenvalue weighted by molar-refractivity contribution is 0.111. The molecular weight excluding hydrogens is 220 g/mol. The van der Waals surface area contributed by atoms with Crippen LogP contribution < -0.4 is 0 Å². The Morgan fingerprint density at radius 3 is 2.47 bits per heavy atom. The number of carbonyl (C=O) groups excluding carboxylic acids is 2. The second-order valence-electron chi connectivity index (χ2n) is 3.48. The first kappa shape index (κ1) is 9.65. The van der Waals surface area contributed by atoms with E-state index in [0.717, 1.165) is 0 Å². The Kier molecular flexibility index (Phi) is 1.98. The summed E-state index contributed by atoms with van der Waals surface area (Å²) in [4.78, 5) is 29.6. The van der Waals surface area contributed by atoms with Crippen molar-refractivity contribution in [2.45, 2.75) is 0 Å². The van der Waals surface area contributed by atoms with Crippen molar-refractivity contribution in [3.63, 3.8) is 0 Å². The monoisotopic (exact) mass is 226 g/mol. The van der Waals surface area contributed by atoms with E-state index >= 15 is 0 Å². The molecule has 3 rings (SSSR count). The fraction of sp³-hybridized carbons (Fsp3) is 0. The SMILES string of the molecule is O=Cc1nccc2c1oc1ccnc(C=O)c12. The minimum absolute atomic E-state index is 0.218. The van der Waals surface area contributed by atoms with E-state index in [0.29, 0.717) is 40.2 Å². The van der Waals surface area contributed by atoms with Crippen molar-refractivity contribution in [2.24, 2.45) is 0 Å². The van der Waals surface area contributed by atoms with Crippen LogP contribution in [-0.2, 0) is 0 Å². The van der Waals surface area contributed by atoms with Crippen molar-refractivity contribution in [3.8, 4) is 0 Å². The van der Waals surface area contributed by atoms with Crippen molar-refractivity contribution in [1.29, 1.82) is 0 Å². The van der Waals surface area contributed by atoms with Gasteiger partial charge in [-0.15, -0.1) is 0 Å². The zero-order valence-corrected chi connectivity index (χ0v) is 8.58. The zero-order chi connectivity index (χ0) is 11.8. The normalized spacial score (nSPS) is 10.8. The standard InChI is InChI=1S/C12H6N2O3/c15-5-8-11-7-1-3-14-9(6-16)12(7)17-10(11)2-4-13-8/h1-6H. The van der Waals surface area contributed by atoms with Gasteiger partial charge < -0.3 is 4.42 Å². The Morgan fingerprint density at radius 1 is 1.00 bits per heavy atom. The van der Waals surface area contributed by atoms with E-state index < -0.39 is 0 Å². The Hall–Kier alpha value is -2.56. The predicted molar refractivity (Wildman–Crippen MR) is 60.1 cm³/mol. The summed E-state index contributed by atoms with van der Waals surface area (Å²) in [5.41, 5.74) is 1.42. The molecule has 0 aliphatic carbocycles. The van der Waals surface area contributed by atoms with Crippen LogP contribution in [0.15, 0.2) is 28.9 Å². The second-order valence-corrected chi connectivity index (χ2v) is 3.48. The maximum atomic E-state index is 10.9. The number of fused-ring (bicyclic) bond motifs is 3. The molecule has 3 aromatic heterocycles. The number of aldehydes is 2. The van der Waals surface area contributed by atoms with Crippen molar-refractivity contribution in [3.05, 3.63) is 35.9 Å². The third-order valence-electron chi connectivity index (χ3n) is 2.58. The van der Waals surface area contributed by atoms with Crippen LogP contribution in [0.4, 0.5) is 0 Å². The Morgan fingerprint density at radius 2 is 1.71 bits per heavy atom. The molecule has 3 aromatic rings. The molecule has 0 spiro atoms. The minimum Gasteiger partial charge on any atom is -0.454 e. The van der Waals surface area contributed by atoms with E-state index in [1.807, 2.05) is 0 Å². The molecule has 0 aromatic carbocycles. The van der Waals surface area contributed by atoms with Crippen LogP contribution in [0.5, 0.6) is 0 Å². The smallest absolute Gasteiger partial charge is 0.172 e. The highest BCUT2D eigenvalue weighted by Crippen LogP contribution is 2.30. The summed E-state index contributed by atoms with van der Waals surface area (Å²) in [6.45, 7) is 0. The lowest BCUT2D eigenvalue weighted by Gasteiger charge is -1.92. The van der Waals surface area contributed by atoms with E-state index in [9.17, 15) is 9.59 Å². The fourth-order valence-corrected chi connectivity index (χ4v) is 1.87. The highest BCUT2D eigenvalue weighted by atomic mass is 16.3. The third-order valence-corrected chi connectivity index (χ3v) is 2.58. The van der Waals surface area contributed by atoms with E-state index in [1.165, 1.54) is 12.4 Å². The average molecular weight is 226 g/mol. The van der Waals surface area contributed by atoms with Crippen molar-refractivity contribution in [2.75, 3.05) is 0 Å². The Labute approximate surface area is 95.1 Å². The van der Waals surface area contributed by atoms with Gasteiger partial charge in [-0.05, 0) is 12.1 Å². The van der Waals surface area contributed by atoms with Gasteiger partial charge in [-0.1, -0.05) is 0 Å². The summed E-state index contributed by atoms with van der Waals surface area (Å²) in [6.07, 6.45) is 4.28. The van der Waals surface area contributed by atoms with Gasteiger partial charge in [0.25, 0.3) is 0 Å². The van der Waals surface area contributed by atoms with Gasteiger partial charge in [0.1, 0.15) is 17.0 Å². The molecule has 0 aliphatic rings. The first-order chi connectivity index (χ1) is 8.35. The molecule has 0 amide bonds. The number of carbonyl (C=O) groups is 2. The summed E-state index contributed by atoms with van der Waals surface area (Å²) < 4.78 is 5.52. The molecule has 5 heteroatoms. The van der Waals surface area contributed by atoms with Crippen LogP contribution >= 0.6 is 0 Å². The van der Waals surface area contributed by atoms with Gasteiger partial charge >= 0.3 is 0 Å². The molecule has 0 radical (unpaired) electrons. The molecule has 0 bridgehead atoms. The van der Waals surface area contributed by atoms with E-state index in [2.05, 4.69) is 9.97 Å². The summed E-state index contributed by atoms with van der Waals surface area (Å²) in [5.74, 6) is 0. The average Bonchev–Trinajstić information content (AvgIpc) is 2.76. The molecule has 82 valence electrons. The number of hydrogen-bond donors (Lipinski definition) is 0. The molecular formula is C12H6N2O3. The Balaban J connectivity index is 2.59. The van der Waals surface area contributed by atoms with Crippen LogP contribution in [0.25, 0.3) is 21.9 Å². The molecule has 0 fully saturated rings. The minimum atomic E-state index is 0.218. The number of rotatable bonds is 2. The zero-order valence-electron chi connectivity index (χ0n) is 8.58. The van der Waals surface area contributed by atoms with Gasteiger partial charge in [0.15, 0.2) is 18.2 Å². The number of pyridine rings is 2. The number of hydrogen-bond acceptors (Lipinski definition) is 5. The van der Waals surface area contributed by atoms with Gasteiger partial charge in [0, 0.05) is 17.8 Å². The van der Waals surface area contributed by atoms with E-state index in [1.54, 1.807) is 12.1 Å². The van der Waals surface area contributed by atoms with Gasteiger partial charge in [0.2, 0.25) is 0 Å². The lowest BCUT2D eigenvalue weighted by atomic mass is 10.1. The fourth-order valence-electron chi connectivity index (χ4n) is 1.87. The van der Waals surface area contributed by atoms with Crippen LogP contribution in [0.2, 0.25) is 0 Å². The molecule has 0 unspecified atom stereocenters. The Bertz CT molecular complexity index is 746. The van der Waals surface area contributed by atoms with E-state index in [4.69, 9.17) is 4.42 Å². The summed E-state index contributed by atoms with van der Waals surface area (Å²) in [7, 11) is 0. The highest BCUT2D eigenvalue weighted by Gasteiger charge is 2.14. The van der Waals surface area contributed by atoms with Crippen molar-refractivity contribution < 1.29 is 14.0 Å². The topological polar surface area (TPSA) is 73.1 Å². The molecule has 3 heterocycles. The molecule has 0 saturated heterocycles. The highest BCUT2D eigenvalue weighted by molar-refractivity contribution is 6.13. The maximum Gasteiger partial charge on any atom is 0.172 e. The van der Waals surface area contributed by atoms with Crippen molar-refractivity contribution >= 4 is 34.5 Å². The lowest BCUT2D eigenvalue weighted by Crippen LogP contribution is -1.87. The second kappa shape index (κ2) is 3.48. The van der Waals surface area contributed by atoms with Gasteiger partial charge in [-0.3, -0.25) is 14.6 Å². The number of furan rings is 1. The molecule has 0 atom stereocenters.